The van der Waals surface area contributed by atoms with Crippen molar-refractivity contribution in [2.75, 3.05) is 37.6 Å². The van der Waals surface area contributed by atoms with Crippen LogP contribution in [0.15, 0.2) is 48.5 Å². The standard InChI is InChI=1S/C21H21ClFN3O2/c22-16-6-2-4-8-18(16)26-10-9-19(21(26)28)24-11-13-25(14-12-24)20(27)15-5-1-3-7-17(15)23/h1-8,19H,9-14H2. The van der Waals surface area contributed by atoms with Crippen molar-refractivity contribution in [2.24, 2.45) is 0 Å². The molecule has 2 aromatic carbocycles. The van der Waals surface area contributed by atoms with Gasteiger partial charge in [-0.05, 0) is 30.7 Å². The maximum Gasteiger partial charge on any atom is 0.256 e. The Hall–Kier alpha value is -2.44. The Kier molecular flexibility index (Phi) is 5.33. The van der Waals surface area contributed by atoms with Crippen molar-refractivity contribution < 1.29 is 14.0 Å². The zero-order valence-corrected chi connectivity index (χ0v) is 16.1. The molecule has 28 heavy (non-hydrogen) atoms. The predicted molar refractivity (Wildman–Crippen MR) is 106 cm³/mol. The number of hydrogen-bond donors (Lipinski definition) is 0. The first kappa shape index (κ1) is 18.9. The zero-order valence-electron chi connectivity index (χ0n) is 15.4. The minimum atomic E-state index is -0.503. The van der Waals surface area contributed by atoms with Crippen molar-refractivity contribution in [3.8, 4) is 0 Å². The predicted octanol–water partition coefficient (Wildman–Crippen LogP) is 3.04. The Balaban J connectivity index is 1.39. The molecule has 0 aromatic heterocycles. The van der Waals surface area contributed by atoms with Gasteiger partial charge in [0.15, 0.2) is 0 Å². The first-order valence-electron chi connectivity index (χ1n) is 9.40. The Morgan fingerprint density at radius 2 is 1.64 bits per heavy atom. The summed E-state index contributed by atoms with van der Waals surface area (Å²) in [6, 6.07) is 13.2. The lowest BCUT2D eigenvalue weighted by atomic mass is 10.1. The second kappa shape index (κ2) is 7.89. The fraction of sp³-hybridized carbons (Fsp3) is 0.333. The van der Waals surface area contributed by atoms with Crippen molar-refractivity contribution in [3.63, 3.8) is 0 Å². The third-order valence-electron chi connectivity index (χ3n) is 5.47. The van der Waals surface area contributed by atoms with Crippen molar-refractivity contribution in [1.29, 1.82) is 0 Å². The van der Waals surface area contributed by atoms with Gasteiger partial charge in [0.25, 0.3) is 5.91 Å². The van der Waals surface area contributed by atoms with Gasteiger partial charge in [-0.25, -0.2) is 4.39 Å². The normalized spacial score (nSPS) is 20.6. The third kappa shape index (κ3) is 3.50. The molecule has 2 amide bonds. The van der Waals surface area contributed by atoms with E-state index >= 15 is 0 Å². The number of anilines is 1. The Bertz CT molecular complexity index is 899. The maximum atomic E-state index is 13.9. The number of rotatable bonds is 3. The molecule has 7 heteroatoms. The first-order chi connectivity index (χ1) is 13.6. The molecule has 1 atom stereocenters. The van der Waals surface area contributed by atoms with Crippen molar-refractivity contribution in [2.45, 2.75) is 12.5 Å². The fourth-order valence-electron chi connectivity index (χ4n) is 3.96. The number of nitrogens with zero attached hydrogens (tertiary/aromatic N) is 3. The quantitative estimate of drug-likeness (QED) is 0.794. The van der Waals surface area contributed by atoms with Gasteiger partial charge >= 0.3 is 0 Å². The van der Waals surface area contributed by atoms with Gasteiger partial charge in [-0.3, -0.25) is 14.5 Å². The van der Waals surface area contributed by atoms with Crippen molar-refractivity contribution in [1.82, 2.24) is 9.80 Å². The van der Waals surface area contributed by atoms with E-state index in [9.17, 15) is 14.0 Å². The van der Waals surface area contributed by atoms with Gasteiger partial charge in [-0.2, -0.15) is 0 Å². The highest BCUT2D eigenvalue weighted by atomic mass is 35.5. The van der Waals surface area contributed by atoms with Gasteiger partial charge in [0, 0.05) is 32.7 Å². The monoisotopic (exact) mass is 401 g/mol. The first-order valence-corrected chi connectivity index (χ1v) is 9.78. The number of carbonyl (C=O) groups excluding carboxylic acids is 2. The van der Waals surface area contributed by atoms with Gasteiger partial charge in [-0.1, -0.05) is 35.9 Å². The lowest BCUT2D eigenvalue weighted by Crippen LogP contribution is -2.54. The van der Waals surface area contributed by atoms with Crippen molar-refractivity contribution >= 4 is 29.1 Å². The van der Waals surface area contributed by atoms with Crippen LogP contribution in [0.4, 0.5) is 10.1 Å². The maximum absolute atomic E-state index is 13.9. The van der Waals surface area contributed by atoms with Crippen LogP contribution in [0.3, 0.4) is 0 Å². The summed E-state index contributed by atoms with van der Waals surface area (Å²) >= 11 is 6.25. The summed E-state index contributed by atoms with van der Waals surface area (Å²) < 4.78 is 13.9. The lowest BCUT2D eigenvalue weighted by Gasteiger charge is -2.37. The molecule has 0 bridgehead atoms. The van der Waals surface area contributed by atoms with Crippen LogP contribution >= 0.6 is 11.6 Å². The van der Waals surface area contributed by atoms with Crippen LogP contribution in [-0.2, 0) is 4.79 Å². The van der Waals surface area contributed by atoms with Crippen molar-refractivity contribution in [3.05, 3.63) is 64.9 Å². The molecule has 2 aliphatic heterocycles. The number of amides is 2. The SMILES string of the molecule is O=C(c1ccccc1F)N1CCN(C2CCN(c3ccccc3Cl)C2=O)CC1. The van der Waals surface area contributed by atoms with Crippen LogP contribution in [-0.4, -0.2) is 60.4 Å². The molecule has 4 rings (SSSR count). The minimum Gasteiger partial charge on any atom is -0.336 e. The molecule has 146 valence electrons. The molecule has 1 unspecified atom stereocenters. The van der Waals surface area contributed by atoms with Crippen LogP contribution in [0.2, 0.25) is 5.02 Å². The molecule has 2 saturated heterocycles. The molecular formula is C21H21ClFN3O2. The molecule has 5 nitrogen and oxygen atoms in total. The Morgan fingerprint density at radius 1 is 0.964 bits per heavy atom. The molecule has 0 aliphatic carbocycles. The van der Waals surface area contributed by atoms with E-state index in [0.29, 0.717) is 37.7 Å². The van der Waals surface area contributed by atoms with E-state index in [-0.39, 0.29) is 23.4 Å². The Labute approximate surface area is 168 Å². The lowest BCUT2D eigenvalue weighted by molar-refractivity contribution is -0.122. The largest absolute Gasteiger partial charge is 0.336 e. The van der Waals surface area contributed by atoms with E-state index in [2.05, 4.69) is 4.90 Å². The van der Waals surface area contributed by atoms with Crippen LogP contribution in [0.25, 0.3) is 0 Å². The van der Waals surface area contributed by atoms with Crippen LogP contribution in [0, 0.1) is 5.82 Å². The summed E-state index contributed by atoms with van der Waals surface area (Å²) in [5, 5.41) is 0.566. The van der Waals surface area contributed by atoms with Gasteiger partial charge in [0.2, 0.25) is 5.91 Å². The second-order valence-electron chi connectivity index (χ2n) is 7.05. The van der Waals surface area contributed by atoms with Gasteiger partial charge < -0.3 is 9.80 Å². The second-order valence-corrected chi connectivity index (χ2v) is 7.46. The molecule has 0 N–H and O–H groups in total. The van der Waals surface area contributed by atoms with Crippen LogP contribution < -0.4 is 4.90 Å². The molecular weight excluding hydrogens is 381 g/mol. The average molecular weight is 402 g/mol. The number of hydrogen-bond acceptors (Lipinski definition) is 3. The van der Waals surface area contributed by atoms with Gasteiger partial charge in [0.05, 0.1) is 22.3 Å². The number of halogens is 2. The molecule has 0 spiro atoms. The van der Waals surface area contributed by atoms with E-state index in [1.165, 1.54) is 12.1 Å². The van der Waals surface area contributed by atoms with E-state index < -0.39 is 5.82 Å². The van der Waals surface area contributed by atoms with Crippen LogP contribution in [0.1, 0.15) is 16.8 Å². The number of benzene rings is 2. The topological polar surface area (TPSA) is 43.9 Å². The van der Waals surface area contributed by atoms with E-state index in [1.54, 1.807) is 28.0 Å². The summed E-state index contributed by atoms with van der Waals surface area (Å²) in [6.07, 6.45) is 0.727. The van der Waals surface area contributed by atoms with Gasteiger partial charge in [0.1, 0.15) is 5.82 Å². The molecule has 2 aliphatic rings. The smallest absolute Gasteiger partial charge is 0.256 e. The van der Waals surface area contributed by atoms with E-state index in [4.69, 9.17) is 11.6 Å². The number of carbonyl (C=O) groups is 2. The van der Waals surface area contributed by atoms with E-state index in [1.807, 2.05) is 18.2 Å². The summed E-state index contributed by atoms with van der Waals surface area (Å²) in [5.74, 6) is -0.758. The number of piperazine rings is 1. The molecule has 2 fully saturated rings. The van der Waals surface area contributed by atoms with Crippen LogP contribution in [0.5, 0.6) is 0 Å². The zero-order chi connectivity index (χ0) is 19.7. The molecule has 2 heterocycles. The minimum absolute atomic E-state index is 0.0435. The average Bonchev–Trinajstić information content (AvgIpc) is 3.09. The highest BCUT2D eigenvalue weighted by molar-refractivity contribution is 6.33. The fourth-order valence-corrected chi connectivity index (χ4v) is 4.19. The third-order valence-corrected chi connectivity index (χ3v) is 5.79. The van der Waals surface area contributed by atoms with E-state index in [0.717, 1.165) is 12.1 Å². The molecule has 2 aromatic rings. The molecule has 0 radical (unpaired) electrons. The van der Waals surface area contributed by atoms with Gasteiger partial charge in [-0.15, -0.1) is 0 Å². The summed E-state index contributed by atoms with van der Waals surface area (Å²) in [6.45, 7) is 2.76. The highest BCUT2D eigenvalue weighted by Crippen LogP contribution is 2.30. The summed E-state index contributed by atoms with van der Waals surface area (Å²) in [4.78, 5) is 31.0. The molecule has 0 saturated carbocycles. The highest BCUT2D eigenvalue weighted by Gasteiger charge is 2.38. The number of para-hydroxylation sites is 1. The summed E-state index contributed by atoms with van der Waals surface area (Å²) in [5.41, 5.74) is 0.836. The summed E-state index contributed by atoms with van der Waals surface area (Å²) in [7, 11) is 0. The Morgan fingerprint density at radius 3 is 2.36 bits per heavy atom.